The molecule has 0 radical (unpaired) electrons. The molecule has 0 aromatic carbocycles. The van der Waals surface area contributed by atoms with Crippen LogP contribution >= 0.6 is 0 Å². The Balaban J connectivity index is 1.45. The molecule has 3 nitrogen and oxygen atoms in total. The lowest BCUT2D eigenvalue weighted by Crippen LogP contribution is -2.51. The number of hydrogen-bond donors (Lipinski definition) is 2. The molecule has 2 aliphatic carbocycles. The molecule has 128 valence electrons. The molecule has 1 heterocycles. The highest BCUT2D eigenvalue weighted by atomic mass is 16.3. The average Bonchev–Trinajstić information content (AvgIpc) is 2.50. The van der Waals surface area contributed by atoms with Crippen LogP contribution in [0.5, 0.6) is 0 Å². The van der Waals surface area contributed by atoms with Crippen LogP contribution in [0.3, 0.4) is 0 Å². The zero-order valence-electron chi connectivity index (χ0n) is 14.3. The average molecular weight is 309 g/mol. The minimum Gasteiger partial charge on any atom is -0.396 e. The minimum atomic E-state index is 0.358. The Kier molecular flexibility index (Phi) is 6.58. The van der Waals surface area contributed by atoms with Crippen LogP contribution in [0, 0.1) is 17.8 Å². The standard InChI is InChI=1S/C19H36N2O/c22-10-9-18-11-19(20-12-16-5-2-1-3-6-16)15-21(14-18)13-17-7-4-8-17/h16-20,22H,1-15H2. The highest BCUT2D eigenvalue weighted by Gasteiger charge is 2.30. The maximum atomic E-state index is 9.33. The van der Waals surface area contributed by atoms with Gasteiger partial charge >= 0.3 is 0 Å². The summed E-state index contributed by atoms with van der Waals surface area (Å²) >= 11 is 0. The molecular weight excluding hydrogens is 272 g/mol. The second-order valence-corrected chi connectivity index (χ2v) is 8.24. The number of piperidine rings is 1. The lowest BCUT2D eigenvalue weighted by molar-refractivity contribution is 0.0882. The molecule has 2 saturated carbocycles. The van der Waals surface area contributed by atoms with E-state index in [1.807, 2.05) is 0 Å². The Labute approximate surface area is 136 Å². The minimum absolute atomic E-state index is 0.358. The van der Waals surface area contributed by atoms with Crippen LogP contribution in [0.25, 0.3) is 0 Å². The maximum absolute atomic E-state index is 9.33. The number of aliphatic hydroxyl groups is 1. The predicted molar refractivity (Wildman–Crippen MR) is 92.0 cm³/mol. The van der Waals surface area contributed by atoms with E-state index in [4.69, 9.17) is 0 Å². The molecule has 1 saturated heterocycles. The van der Waals surface area contributed by atoms with Crippen molar-refractivity contribution in [2.75, 3.05) is 32.8 Å². The molecule has 3 aliphatic rings. The van der Waals surface area contributed by atoms with Crippen LogP contribution in [0.4, 0.5) is 0 Å². The molecular formula is C19H36N2O. The van der Waals surface area contributed by atoms with Gasteiger partial charge in [-0.15, -0.1) is 0 Å². The molecule has 3 heteroatoms. The van der Waals surface area contributed by atoms with E-state index in [2.05, 4.69) is 10.2 Å². The van der Waals surface area contributed by atoms with E-state index >= 15 is 0 Å². The van der Waals surface area contributed by atoms with Gasteiger partial charge in [-0.05, 0) is 62.8 Å². The third kappa shape index (κ3) is 4.94. The van der Waals surface area contributed by atoms with Gasteiger partial charge in [0.05, 0.1) is 0 Å². The lowest BCUT2D eigenvalue weighted by Gasteiger charge is -2.41. The van der Waals surface area contributed by atoms with Gasteiger partial charge in [0.1, 0.15) is 0 Å². The van der Waals surface area contributed by atoms with Gasteiger partial charge in [-0.1, -0.05) is 25.7 Å². The number of likely N-dealkylation sites (tertiary alicyclic amines) is 1. The molecule has 0 spiro atoms. The predicted octanol–water partition coefficient (Wildman–Crippen LogP) is 3.03. The quantitative estimate of drug-likeness (QED) is 0.759. The van der Waals surface area contributed by atoms with Gasteiger partial charge in [0.25, 0.3) is 0 Å². The Bertz CT molecular complexity index is 313. The summed E-state index contributed by atoms with van der Waals surface area (Å²) in [5.41, 5.74) is 0. The van der Waals surface area contributed by atoms with E-state index < -0.39 is 0 Å². The zero-order chi connectivity index (χ0) is 15.2. The van der Waals surface area contributed by atoms with Gasteiger partial charge in [-0.2, -0.15) is 0 Å². The highest BCUT2D eigenvalue weighted by molar-refractivity contribution is 4.86. The molecule has 0 amide bonds. The summed E-state index contributed by atoms with van der Waals surface area (Å²) in [4.78, 5) is 2.70. The van der Waals surface area contributed by atoms with E-state index in [0.29, 0.717) is 18.6 Å². The fourth-order valence-electron chi connectivity index (χ4n) is 4.76. The summed E-state index contributed by atoms with van der Waals surface area (Å²) in [6.45, 7) is 5.36. The number of nitrogens with zero attached hydrogens (tertiary/aromatic N) is 1. The normalized spacial score (nSPS) is 32.0. The molecule has 2 unspecified atom stereocenters. The summed E-state index contributed by atoms with van der Waals surface area (Å²) < 4.78 is 0. The Morgan fingerprint density at radius 1 is 0.864 bits per heavy atom. The van der Waals surface area contributed by atoms with E-state index in [9.17, 15) is 5.11 Å². The first-order valence-corrected chi connectivity index (χ1v) is 9.90. The van der Waals surface area contributed by atoms with Gasteiger partial charge in [0.15, 0.2) is 0 Å². The van der Waals surface area contributed by atoms with Gasteiger partial charge < -0.3 is 15.3 Å². The van der Waals surface area contributed by atoms with E-state index in [1.54, 1.807) is 0 Å². The lowest BCUT2D eigenvalue weighted by atomic mass is 9.83. The third-order valence-electron chi connectivity index (χ3n) is 6.31. The molecule has 0 bridgehead atoms. The van der Waals surface area contributed by atoms with Gasteiger partial charge in [-0.3, -0.25) is 0 Å². The van der Waals surface area contributed by atoms with Crippen molar-refractivity contribution in [3.05, 3.63) is 0 Å². The van der Waals surface area contributed by atoms with Crippen LogP contribution < -0.4 is 5.32 Å². The molecule has 3 fully saturated rings. The Morgan fingerprint density at radius 2 is 1.64 bits per heavy atom. The summed E-state index contributed by atoms with van der Waals surface area (Å²) in [7, 11) is 0. The Hall–Kier alpha value is -0.120. The van der Waals surface area contributed by atoms with Crippen LogP contribution in [-0.2, 0) is 0 Å². The van der Waals surface area contributed by atoms with E-state index in [1.165, 1.54) is 84.0 Å². The van der Waals surface area contributed by atoms with Crippen molar-refractivity contribution in [3.8, 4) is 0 Å². The van der Waals surface area contributed by atoms with Gasteiger partial charge in [0, 0.05) is 32.3 Å². The van der Waals surface area contributed by atoms with Crippen molar-refractivity contribution in [3.63, 3.8) is 0 Å². The summed E-state index contributed by atoms with van der Waals surface area (Å²) in [6.07, 6.45) is 13.8. The number of aliphatic hydroxyl groups excluding tert-OH is 1. The fourth-order valence-corrected chi connectivity index (χ4v) is 4.76. The number of nitrogens with one attached hydrogen (secondary N) is 1. The van der Waals surface area contributed by atoms with Gasteiger partial charge in [0.2, 0.25) is 0 Å². The van der Waals surface area contributed by atoms with Crippen molar-refractivity contribution in [1.82, 2.24) is 10.2 Å². The highest BCUT2D eigenvalue weighted by Crippen LogP contribution is 2.30. The molecule has 2 N–H and O–H groups in total. The monoisotopic (exact) mass is 308 g/mol. The number of hydrogen-bond acceptors (Lipinski definition) is 3. The molecule has 0 aromatic rings. The molecule has 2 atom stereocenters. The van der Waals surface area contributed by atoms with Crippen molar-refractivity contribution in [2.45, 2.75) is 70.3 Å². The van der Waals surface area contributed by atoms with Crippen LogP contribution in [0.2, 0.25) is 0 Å². The van der Waals surface area contributed by atoms with Crippen molar-refractivity contribution >= 4 is 0 Å². The van der Waals surface area contributed by atoms with E-state index in [-0.39, 0.29) is 0 Å². The first-order chi connectivity index (χ1) is 10.8. The molecule has 22 heavy (non-hydrogen) atoms. The fraction of sp³-hybridized carbons (Fsp3) is 1.00. The first-order valence-electron chi connectivity index (χ1n) is 9.90. The first kappa shape index (κ1) is 16.7. The second-order valence-electron chi connectivity index (χ2n) is 8.24. The molecule has 1 aliphatic heterocycles. The zero-order valence-corrected chi connectivity index (χ0v) is 14.3. The van der Waals surface area contributed by atoms with Crippen molar-refractivity contribution in [2.24, 2.45) is 17.8 Å². The van der Waals surface area contributed by atoms with Crippen molar-refractivity contribution < 1.29 is 5.11 Å². The van der Waals surface area contributed by atoms with Crippen LogP contribution in [0.1, 0.15) is 64.2 Å². The second kappa shape index (κ2) is 8.65. The largest absolute Gasteiger partial charge is 0.396 e. The topological polar surface area (TPSA) is 35.5 Å². The summed E-state index contributed by atoms with van der Waals surface area (Å²) in [5, 5.41) is 13.2. The summed E-state index contributed by atoms with van der Waals surface area (Å²) in [6, 6.07) is 0.660. The Morgan fingerprint density at radius 3 is 2.32 bits per heavy atom. The third-order valence-corrected chi connectivity index (χ3v) is 6.31. The van der Waals surface area contributed by atoms with E-state index in [0.717, 1.165) is 18.3 Å². The maximum Gasteiger partial charge on any atom is 0.0434 e. The SMILES string of the molecule is OCCC1CC(NCC2CCCCC2)CN(CC2CCC2)C1. The van der Waals surface area contributed by atoms with Crippen LogP contribution in [-0.4, -0.2) is 48.8 Å². The smallest absolute Gasteiger partial charge is 0.0434 e. The van der Waals surface area contributed by atoms with Crippen molar-refractivity contribution in [1.29, 1.82) is 0 Å². The molecule has 3 rings (SSSR count). The summed E-state index contributed by atoms with van der Waals surface area (Å²) in [5.74, 6) is 2.58. The number of rotatable bonds is 7. The van der Waals surface area contributed by atoms with Crippen LogP contribution in [0.15, 0.2) is 0 Å². The van der Waals surface area contributed by atoms with Gasteiger partial charge in [-0.25, -0.2) is 0 Å². The molecule has 0 aromatic heterocycles.